The molecular weight excluding hydrogens is 264 g/mol. The maximum atomic E-state index is 10.5. The number of likely N-dealkylation sites (N-methyl/N-ethyl adjacent to an activating group) is 1. The van der Waals surface area contributed by atoms with Crippen LogP contribution in [0.15, 0.2) is 55.1 Å². The van der Waals surface area contributed by atoms with Crippen LogP contribution < -0.4 is 5.73 Å². The van der Waals surface area contributed by atoms with Crippen LogP contribution in [0, 0.1) is 0 Å². The second-order valence-electron chi connectivity index (χ2n) is 4.76. The highest BCUT2D eigenvalue weighted by Crippen LogP contribution is 2.17. The first kappa shape index (κ1) is 19.1. The van der Waals surface area contributed by atoms with Crippen LogP contribution in [0.1, 0.15) is 18.5 Å². The normalized spacial score (nSPS) is 11.1. The highest BCUT2D eigenvalue weighted by atomic mass is 16.5. The third-order valence-electron chi connectivity index (χ3n) is 2.62. The molecule has 21 heavy (non-hydrogen) atoms. The number of nitrogens with zero attached hydrogens (tertiary/aromatic N) is 1. The van der Waals surface area contributed by atoms with Gasteiger partial charge in [0.1, 0.15) is 6.61 Å². The first-order valence-corrected chi connectivity index (χ1v) is 6.80. The zero-order chi connectivity index (χ0) is 16.3. The predicted octanol–water partition coefficient (Wildman–Crippen LogP) is 2.54. The molecule has 1 unspecified atom stereocenters. The summed E-state index contributed by atoms with van der Waals surface area (Å²) in [6, 6.07) is 10.7. The Kier molecular flexibility index (Phi) is 9.84. The van der Waals surface area contributed by atoms with Crippen LogP contribution in [-0.4, -0.2) is 38.1 Å². The van der Waals surface area contributed by atoms with E-state index in [4.69, 9.17) is 5.73 Å². The van der Waals surface area contributed by atoms with Crippen molar-refractivity contribution >= 4 is 5.97 Å². The van der Waals surface area contributed by atoms with Crippen LogP contribution in [-0.2, 0) is 9.53 Å². The number of carbonyl (C=O) groups excluding carboxylic acids is 1. The largest absolute Gasteiger partial charge is 0.461 e. The summed E-state index contributed by atoms with van der Waals surface area (Å²) in [7, 11) is 4.11. The Hall–Kier alpha value is -1.91. The number of hydrogen-bond donors (Lipinski definition) is 1. The molecule has 0 fully saturated rings. The summed E-state index contributed by atoms with van der Waals surface area (Å²) < 4.78 is 4.59. The van der Waals surface area contributed by atoms with Crippen LogP contribution in [0.2, 0.25) is 0 Å². The number of benzene rings is 1. The zero-order valence-electron chi connectivity index (χ0n) is 13.2. The summed E-state index contributed by atoms with van der Waals surface area (Å²) in [4.78, 5) is 12.7. The Labute approximate surface area is 127 Å². The molecule has 1 atom stereocenters. The van der Waals surface area contributed by atoms with Gasteiger partial charge in [0.25, 0.3) is 0 Å². The molecule has 4 heteroatoms. The van der Waals surface area contributed by atoms with Crippen LogP contribution in [0.25, 0.3) is 0 Å². The molecule has 0 bridgehead atoms. The van der Waals surface area contributed by atoms with Crippen LogP contribution >= 0.6 is 0 Å². The summed E-state index contributed by atoms with van der Waals surface area (Å²) in [5.41, 5.74) is 6.77. The van der Waals surface area contributed by atoms with Gasteiger partial charge in [0.05, 0.1) is 6.04 Å². The van der Waals surface area contributed by atoms with Gasteiger partial charge in [0.15, 0.2) is 0 Å². The lowest BCUT2D eigenvalue weighted by atomic mass is 10.1. The van der Waals surface area contributed by atoms with Gasteiger partial charge in [-0.1, -0.05) is 43.0 Å². The highest BCUT2D eigenvalue weighted by Gasteiger charge is 2.07. The van der Waals surface area contributed by atoms with Crippen LogP contribution in [0.3, 0.4) is 0 Å². The molecule has 0 saturated carbocycles. The second kappa shape index (κ2) is 10.8. The molecule has 0 spiro atoms. The molecule has 1 aromatic rings. The van der Waals surface area contributed by atoms with E-state index in [1.165, 1.54) is 5.56 Å². The number of esters is 1. The van der Waals surface area contributed by atoms with Gasteiger partial charge in [-0.15, -0.1) is 6.58 Å². The average Bonchev–Trinajstić information content (AvgIpc) is 2.46. The number of ether oxygens (including phenoxy) is 1. The highest BCUT2D eigenvalue weighted by molar-refractivity contribution is 5.86. The molecule has 0 heterocycles. The smallest absolute Gasteiger partial charge is 0.333 e. The molecule has 2 N–H and O–H groups in total. The van der Waals surface area contributed by atoms with Crippen LogP contribution in [0.5, 0.6) is 0 Å². The summed E-state index contributed by atoms with van der Waals surface area (Å²) >= 11 is 0. The van der Waals surface area contributed by atoms with E-state index in [9.17, 15) is 4.79 Å². The molecule has 0 aliphatic rings. The summed E-state index contributed by atoms with van der Waals surface area (Å²) in [5, 5.41) is 0. The minimum absolute atomic E-state index is 0.270. The fraction of sp³-hybridized carbons (Fsp3) is 0.353. The van der Waals surface area contributed by atoms with Gasteiger partial charge in [-0.05, 0) is 26.6 Å². The van der Waals surface area contributed by atoms with E-state index in [-0.39, 0.29) is 12.6 Å². The molecule has 0 aliphatic heterocycles. The second-order valence-corrected chi connectivity index (χ2v) is 4.76. The van der Waals surface area contributed by atoms with Crippen molar-refractivity contribution in [2.75, 3.05) is 27.2 Å². The quantitative estimate of drug-likeness (QED) is 0.497. The molecule has 116 valence electrons. The van der Waals surface area contributed by atoms with E-state index in [1.807, 2.05) is 12.1 Å². The summed E-state index contributed by atoms with van der Waals surface area (Å²) in [5.74, 6) is -0.375. The van der Waals surface area contributed by atoms with Gasteiger partial charge in [-0.3, -0.25) is 4.90 Å². The number of rotatable bonds is 6. The number of carbonyl (C=O) groups is 1. The minimum Gasteiger partial charge on any atom is -0.461 e. The maximum Gasteiger partial charge on any atom is 0.333 e. The SMILES string of the molecule is C=C(C)C(=O)OCCN.C=CC(c1ccccc1)N(C)C. The van der Waals surface area contributed by atoms with Crippen molar-refractivity contribution in [2.24, 2.45) is 5.73 Å². The molecule has 0 amide bonds. The molecule has 0 radical (unpaired) electrons. The molecule has 4 nitrogen and oxygen atoms in total. The van der Waals surface area contributed by atoms with Gasteiger partial charge in [0, 0.05) is 12.1 Å². The van der Waals surface area contributed by atoms with Gasteiger partial charge in [-0.25, -0.2) is 4.79 Å². The van der Waals surface area contributed by atoms with E-state index in [0.717, 1.165) is 0 Å². The fourth-order valence-electron chi connectivity index (χ4n) is 1.57. The molecule has 0 aliphatic carbocycles. The Morgan fingerprint density at radius 3 is 2.33 bits per heavy atom. The maximum absolute atomic E-state index is 10.5. The van der Waals surface area contributed by atoms with E-state index in [1.54, 1.807) is 6.92 Å². The van der Waals surface area contributed by atoms with E-state index >= 15 is 0 Å². The van der Waals surface area contributed by atoms with Crippen molar-refractivity contribution in [3.63, 3.8) is 0 Å². The lowest BCUT2D eigenvalue weighted by Gasteiger charge is -2.20. The number of hydrogen-bond acceptors (Lipinski definition) is 4. The summed E-state index contributed by atoms with van der Waals surface area (Å²) in [6.07, 6.45) is 1.95. The topological polar surface area (TPSA) is 55.6 Å². The zero-order valence-corrected chi connectivity index (χ0v) is 13.2. The first-order chi connectivity index (χ1) is 9.93. The molecule has 0 aromatic heterocycles. The van der Waals surface area contributed by atoms with E-state index < -0.39 is 0 Å². The van der Waals surface area contributed by atoms with Gasteiger partial charge >= 0.3 is 5.97 Å². The van der Waals surface area contributed by atoms with Gasteiger partial charge in [0.2, 0.25) is 0 Å². The Bertz CT molecular complexity index is 441. The van der Waals surface area contributed by atoms with Crippen molar-refractivity contribution in [3.05, 3.63) is 60.7 Å². The van der Waals surface area contributed by atoms with Crippen molar-refractivity contribution in [3.8, 4) is 0 Å². The third-order valence-corrected chi connectivity index (χ3v) is 2.62. The Morgan fingerprint density at radius 2 is 1.95 bits per heavy atom. The van der Waals surface area contributed by atoms with Crippen molar-refractivity contribution in [1.29, 1.82) is 0 Å². The van der Waals surface area contributed by atoms with Crippen LogP contribution in [0.4, 0.5) is 0 Å². The first-order valence-electron chi connectivity index (χ1n) is 6.80. The van der Waals surface area contributed by atoms with Crippen molar-refractivity contribution < 1.29 is 9.53 Å². The van der Waals surface area contributed by atoms with Gasteiger partial charge < -0.3 is 10.5 Å². The van der Waals surface area contributed by atoms with E-state index in [0.29, 0.717) is 18.2 Å². The Balaban J connectivity index is 0.000000400. The van der Waals surface area contributed by atoms with Crippen molar-refractivity contribution in [2.45, 2.75) is 13.0 Å². The monoisotopic (exact) mass is 290 g/mol. The minimum atomic E-state index is -0.375. The molecule has 0 saturated heterocycles. The lowest BCUT2D eigenvalue weighted by Crippen LogP contribution is -2.17. The van der Waals surface area contributed by atoms with E-state index in [2.05, 4.69) is 61.2 Å². The van der Waals surface area contributed by atoms with Gasteiger partial charge in [-0.2, -0.15) is 0 Å². The number of nitrogens with two attached hydrogens (primary N) is 1. The Morgan fingerprint density at radius 1 is 1.38 bits per heavy atom. The third kappa shape index (κ3) is 8.07. The summed E-state index contributed by atoms with van der Waals surface area (Å²) in [6.45, 7) is 9.44. The average molecular weight is 290 g/mol. The predicted molar refractivity (Wildman–Crippen MR) is 87.9 cm³/mol. The molecular formula is C17H26N2O2. The van der Waals surface area contributed by atoms with Crippen molar-refractivity contribution in [1.82, 2.24) is 4.90 Å². The lowest BCUT2D eigenvalue weighted by molar-refractivity contribution is -0.138. The molecule has 1 rings (SSSR count). The standard InChI is InChI=1S/C11H15N.C6H11NO2/c1-4-11(12(2)3)10-8-6-5-7-9-10;1-5(2)6(8)9-4-3-7/h4-9,11H,1H2,2-3H3;1,3-4,7H2,2H3. The molecule has 1 aromatic carbocycles. The fourth-order valence-corrected chi connectivity index (χ4v) is 1.57.